The number of pyridine rings is 1. The lowest BCUT2D eigenvalue weighted by Gasteiger charge is -2.27. The molecular weight excluding hydrogens is 244 g/mol. The first-order valence-corrected chi connectivity index (χ1v) is 6.83. The number of methoxy groups -OCH3 is 1. The summed E-state index contributed by atoms with van der Waals surface area (Å²) in [5, 5.41) is 12.9. The summed E-state index contributed by atoms with van der Waals surface area (Å²) in [6.07, 6.45) is 5.33. The van der Waals surface area contributed by atoms with E-state index in [1.54, 1.807) is 17.7 Å². The highest BCUT2D eigenvalue weighted by Gasteiger charge is 2.19. The summed E-state index contributed by atoms with van der Waals surface area (Å²) in [6, 6.07) is 3.78. The van der Waals surface area contributed by atoms with Crippen LogP contribution in [-0.4, -0.2) is 35.5 Å². The van der Waals surface area contributed by atoms with E-state index in [-0.39, 0.29) is 11.7 Å². The van der Waals surface area contributed by atoms with Gasteiger partial charge in [-0.25, -0.2) is 0 Å². The summed E-state index contributed by atoms with van der Waals surface area (Å²) in [5.41, 5.74) is 0.943. The summed E-state index contributed by atoms with van der Waals surface area (Å²) >= 11 is 0. The van der Waals surface area contributed by atoms with Gasteiger partial charge in [-0.1, -0.05) is 0 Å². The molecule has 0 spiro atoms. The molecule has 19 heavy (non-hydrogen) atoms. The van der Waals surface area contributed by atoms with Crippen molar-refractivity contribution in [2.75, 3.05) is 19.0 Å². The normalized spacial score (nSPS) is 23.3. The lowest BCUT2D eigenvalue weighted by Crippen LogP contribution is -2.29. The van der Waals surface area contributed by atoms with Gasteiger partial charge in [-0.15, -0.1) is 0 Å². The van der Waals surface area contributed by atoms with Crippen LogP contribution in [0, 0.1) is 0 Å². The molecule has 0 atom stereocenters. The van der Waals surface area contributed by atoms with E-state index in [0.29, 0.717) is 19.2 Å². The van der Waals surface area contributed by atoms with Crippen LogP contribution in [0.4, 0.5) is 5.69 Å². The van der Waals surface area contributed by atoms with Crippen LogP contribution < -0.4 is 10.9 Å². The number of nitrogens with one attached hydrogen (secondary N) is 1. The van der Waals surface area contributed by atoms with Crippen molar-refractivity contribution in [3.05, 3.63) is 28.7 Å². The Balaban J connectivity index is 1.98. The van der Waals surface area contributed by atoms with Crippen molar-refractivity contribution < 1.29 is 9.84 Å². The minimum atomic E-state index is -0.145. The number of aliphatic hydroxyl groups is 1. The van der Waals surface area contributed by atoms with Crippen molar-refractivity contribution in [2.24, 2.45) is 0 Å². The highest BCUT2D eigenvalue weighted by Crippen LogP contribution is 2.21. The molecule has 106 valence electrons. The number of ether oxygens (including phenoxy) is 1. The Hall–Kier alpha value is -1.33. The molecule has 0 bridgehead atoms. The fourth-order valence-electron chi connectivity index (χ4n) is 2.44. The monoisotopic (exact) mass is 266 g/mol. The van der Waals surface area contributed by atoms with Crippen LogP contribution in [0.1, 0.15) is 25.7 Å². The minimum Gasteiger partial charge on any atom is -0.393 e. The van der Waals surface area contributed by atoms with E-state index in [4.69, 9.17) is 4.74 Å². The van der Waals surface area contributed by atoms with E-state index >= 15 is 0 Å². The molecule has 1 aromatic heterocycles. The van der Waals surface area contributed by atoms with E-state index in [1.807, 2.05) is 12.3 Å². The first kappa shape index (κ1) is 14.1. The summed E-state index contributed by atoms with van der Waals surface area (Å²) in [5.74, 6) is 0. The predicted molar refractivity (Wildman–Crippen MR) is 74.5 cm³/mol. The Labute approximate surface area is 113 Å². The third-order valence-corrected chi connectivity index (χ3v) is 3.59. The van der Waals surface area contributed by atoms with Gasteiger partial charge in [0.2, 0.25) is 0 Å². The van der Waals surface area contributed by atoms with Crippen LogP contribution in [0.5, 0.6) is 0 Å². The Bertz CT molecular complexity index is 450. The van der Waals surface area contributed by atoms with Crippen molar-refractivity contribution >= 4 is 5.69 Å². The number of aromatic nitrogens is 1. The van der Waals surface area contributed by atoms with E-state index in [0.717, 1.165) is 31.4 Å². The molecule has 0 radical (unpaired) electrons. The molecule has 0 unspecified atom stereocenters. The lowest BCUT2D eigenvalue weighted by molar-refractivity contribution is 0.126. The van der Waals surface area contributed by atoms with Gasteiger partial charge < -0.3 is 19.7 Å². The van der Waals surface area contributed by atoms with Gasteiger partial charge in [0, 0.05) is 32.0 Å². The highest BCUT2D eigenvalue weighted by molar-refractivity contribution is 5.41. The highest BCUT2D eigenvalue weighted by atomic mass is 16.5. The molecule has 1 aliphatic carbocycles. The predicted octanol–water partition coefficient (Wildman–Crippen LogP) is 1.21. The fraction of sp³-hybridized carbons (Fsp3) is 0.643. The summed E-state index contributed by atoms with van der Waals surface area (Å²) in [7, 11) is 1.63. The van der Waals surface area contributed by atoms with Crippen molar-refractivity contribution in [3.8, 4) is 0 Å². The summed E-state index contributed by atoms with van der Waals surface area (Å²) in [4.78, 5) is 11.7. The molecule has 5 heteroatoms. The van der Waals surface area contributed by atoms with Gasteiger partial charge >= 0.3 is 0 Å². The second-order valence-electron chi connectivity index (χ2n) is 5.09. The first-order chi connectivity index (χ1) is 9.19. The third kappa shape index (κ3) is 4.08. The number of hydrogen-bond donors (Lipinski definition) is 2. The van der Waals surface area contributed by atoms with Gasteiger partial charge in [0.05, 0.1) is 18.4 Å². The number of rotatable bonds is 5. The van der Waals surface area contributed by atoms with E-state index in [1.165, 1.54) is 0 Å². The average molecular weight is 266 g/mol. The van der Waals surface area contributed by atoms with Crippen LogP contribution in [0.25, 0.3) is 0 Å². The molecular formula is C14H22N2O3. The molecule has 0 amide bonds. The molecule has 1 aromatic rings. The quantitative estimate of drug-likeness (QED) is 0.841. The number of hydrogen-bond acceptors (Lipinski definition) is 4. The van der Waals surface area contributed by atoms with Gasteiger partial charge in [-0.2, -0.15) is 0 Å². The smallest absolute Gasteiger partial charge is 0.250 e. The van der Waals surface area contributed by atoms with E-state index in [2.05, 4.69) is 5.32 Å². The maximum absolute atomic E-state index is 11.7. The average Bonchev–Trinajstić information content (AvgIpc) is 2.42. The first-order valence-electron chi connectivity index (χ1n) is 6.83. The van der Waals surface area contributed by atoms with E-state index in [9.17, 15) is 9.90 Å². The maximum Gasteiger partial charge on any atom is 0.250 e. The summed E-state index contributed by atoms with van der Waals surface area (Å²) < 4.78 is 6.65. The molecule has 1 aliphatic rings. The molecule has 5 nitrogen and oxygen atoms in total. The largest absolute Gasteiger partial charge is 0.393 e. The SMILES string of the molecule is COCCn1cc(NC2CCC(O)CC2)ccc1=O. The van der Waals surface area contributed by atoms with Crippen molar-refractivity contribution in [1.82, 2.24) is 4.57 Å². The van der Waals surface area contributed by atoms with Crippen LogP contribution >= 0.6 is 0 Å². The molecule has 0 aliphatic heterocycles. The number of nitrogens with zero attached hydrogens (tertiary/aromatic N) is 1. The standard InChI is InChI=1S/C14H22N2O3/c1-19-9-8-16-10-12(4-7-14(16)18)15-11-2-5-13(17)6-3-11/h4,7,10-11,13,15,17H,2-3,5-6,8-9H2,1H3. The van der Waals surface area contributed by atoms with Crippen LogP contribution in [0.3, 0.4) is 0 Å². The lowest BCUT2D eigenvalue weighted by atomic mass is 9.93. The topological polar surface area (TPSA) is 63.5 Å². The Morgan fingerprint density at radius 1 is 1.37 bits per heavy atom. The number of aliphatic hydroxyl groups excluding tert-OH is 1. The minimum absolute atomic E-state index is 0.0123. The third-order valence-electron chi connectivity index (χ3n) is 3.59. The zero-order valence-electron chi connectivity index (χ0n) is 11.3. The van der Waals surface area contributed by atoms with Crippen LogP contribution in [0.15, 0.2) is 23.1 Å². The zero-order valence-corrected chi connectivity index (χ0v) is 11.3. The van der Waals surface area contributed by atoms with Gasteiger partial charge in [0.1, 0.15) is 0 Å². The molecule has 0 saturated heterocycles. The van der Waals surface area contributed by atoms with E-state index < -0.39 is 0 Å². The Morgan fingerprint density at radius 3 is 2.79 bits per heavy atom. The molecule has 1 heterocycles. The van der Waals surface area contributed by atoms with Crippen LogP contribution in [-0.2, 0) is 11.3 Å². The Morgan fingerprint density at radius 2 is 2.11 bits per heavy atom. The second kappa shape index (κ2) is 6.73. The Kier molecular flexibility index (Phi) is 4.99. The molecule has 1 saturated carbocycles. The molecule has 2 N–H and O–H groups in total. The summed E-state index contributed by atoms with van der Waals surface area (Å²) in [6.45, 7) is 1.09. The van der Waals surface area contributed by atoms with Crippen molar-refractivity contribution in [3.63, 3.8) is 0 Å². The molecule has 0 aromatic carbocycles. The van der Waals surface area contributed by atoms with Gasteiger partial charge in [0.25, 0.3) is 5.56 Å². The maximum atomic E-state index is 11.7. The van der Waals surface area contributed by atoms with Crippen LogP contribution in [0.2, 0.25) is 0 Å². The second-order valence-corrected chi connectivity index (χ2v) is 5.09. The fourth-order valence-corrected chi connectivity index (χ4v) is 2.44. The van der Waals surface area contributed by atoms with Gasteiger partial charge in [-0.3, -0.25) is 4.79 Å². The molecule has 2 rings (SSSR count). The van der Waals surface area contributed by atoms with Gasteiger partial charge in [-0.05, 0) is 31.7 Å². The van der Waals surface area contributed by atoms with Gasteiger partial charge in [0.15, 0.2) is 0 Å². The van der Waals surface area contributed by atoms with Crippen molar-refractivity contribution in [1.29, 1.82) is 0 Å². The zero-order chi connectivity index (χ0) is 13.7. The van der Waals surface area contributed by atoms with Crippen molar-refractivity contribution in [2.45, 2.75) is 44.4 Å². The molecule has 1 fully saturated rings. The number of anilines is 1.